The van der Waals surface area contributed by atoms with Crippen molar-refractivity contribution in [3.05, 3.63) is 12.1 Å². The van der Waals surface area contributed by atoms with E-state index < -0.39 is 0 Å². The summed E-state index contributed by atoms with van der Waals surface area (Å²) in [6, 6.07) is 3.92. The Morgan fingerprint density at radius 1 is 0.944 bits per heavy atom. The Morgan fingerprint density at radius 3 is 2.39 bits per heavy atom. The fourth-order valence-corrected chi connectivity index (χ4v) is 2.62. The van der Waals surface area contributed by atoms with Crippen molar-refractivity contribution in [2.45, 2.75) is 32.1 Å². The summed E-state index contributed by atoms with van der Waals surface area (Å²) in [7, 11) is 0. The summed E-state index contributed by atoms with van der Waals surface area (Å²) in [6.07, 6.45) is 6.45. The SMILES string of the molecule is Nc1ccc(N2CCCCCCC2)c2nonc12. The largest absolute Gasteiger partial charge is 0.397 e. The fourth-order valence-electron chi connectivity index (χ4n) is 2.62. The Bertz CT molecular complexity index is 529. The van der Waals surface area contributed by atoms with Crippen LogP contribution >= 0.6 is 0 Å². The summed E-state index contributed by atoms with van der Waals surface area (Å²) >= 11 is 0. The van der Waals surface area contributed by atoms with Gasteiger partial charge < -0.3 is 10.6 Å². The molecule has 18 heavy (non-hydrogen) atoms. The van der Waals surface area contributed by atoms with E-state index >= 15 is 0 Å². The Hall–Kier alpha value is -1.78. The number of hydrogen-bond donors (Lipinski definition) is 1. The molecule has 0 aliphatic carbocycles. The first kappa shape index (κ1) is 11.3. The molecule has 1 aromatic heterocycles. The highest BCUT2D eigenvalue weighted by molar-refractivity contribution is 5.95. The van der Waals surface area contributed by atoms with Gasteiger partial charge in [-0.05, 0) is 35.3 Å². The predicted octanol–water partition coefficient (Wildman–Crippen LogP) is 2.58. The summed E-state index contributed by atoms with van der Waals surface area (Å²) in [5.41, 5.74) is 9.06. The van der Waals surface area contributed by atoms with Gasteiger partial charge in [0.15, 0.2) is 11.0 Å². The van der Waals surface area contributed by atoms with Crippen LogP contribution in [0, 0.1) is 0 Å². The van der Waals surface area contributed by atoms with Gasteiger partial charge in [0.1, 0.15) is 0 Å². The zero-order valence-corrected chi connectivity index (χ0v) is 10.4. The molecule has 1 fully saturated rings. The van der Waals surface area contributed by atoms with Gasteiger partial charge in [0.25, 0.3) is 0 Å². The van der Waals surface area contributed by atoms with Crippen molar-refractivity contribution in [1.82, 2.24) is 10.3 Å². The van der Waals surface area contributed by atoms with E-state index in [1.165, 1.54) is 32.1 Å². The topological polar surface area (TPSA) is 68.2 Å². The van der Waals surface area contributed by atoms with Gasteiger partial charge in [-0.3, -0.25) is 0 Å². The highest BCUT2D eigenvalue weighted by Crippen LogP contribution is 2.29. The van der Waals surface area contributed by atoms with Crippen molar-refractivity contribution in [3.63, 3.8) is 0 Å². The minimum absolute atomic E-state index is 0.627. The van der Waals surface area contributed by atoms with Crippen molar-refractivity contribution < 1.29 is 4.63 Å². The fraction of sp³-hybridized carbons (Fsp3) is 0.538. The smallest absolute Gasteiger partial charge is 0.160 e. The molecule has 2 aromatic rings. The first-order chi connectivity index (χ1) is 8.86. The van der Waals surface area contributed by atoms with Crippen LogP contribution in [-0.4, -0.2) is 23.4 Å². The number of benzene rings is 1. The second-order valence-electron chi connectivity index (χ2n) is 4.89. The number of rotatable bonds is 1. The molecule has 0 bridgehead atoms. The van der Waals surface area contributed by atoms with E-state index in [2.05, 4.69) is 15.2 Å². The zero-order chi connectivity index (χ0) is 12.4. The number of fused-ring (bicyclic) bond motifs is 1. The van der Waals surface area contributed by atoms with Crippen LogP contribution < -0.4 is 10.6 Å². The third-order valence-electron chi connectivity index (χ3n) is 3.62. The lowest BCUT2D eigenvalue weighted by molar-refractivity contribution is 0.315. The molecule has 5 heteroatoms. The van der Waals surface area contributed by atoms with E-state index in [-0.39, 0.29) is 0 Å². The number of nitrogens with two attached hydrogens (primary N) is 1. The normalized spacial score (nSPS) is 17.7. The molecule has 96 valence electrons. The average Bonchev–Trinajstić information content (AvgIpc) is 2.80. The van der Waals surface area contributed by atoms with E-state index in [9.17, 15) is 0 Å². The van der Waals surface area contributed by atoms with E-state index in [4.69, 9.17) is 10.4 Å². The first-order valence-electron chi connectivity index (χ1n) is 6.62. The van der Waals surface area contributed by atoms with Gasteiger partial charge in [-0.2, -0.15) is 0 Å². The third kappa shape index (κ3) is 2.00. The van der Waals surface area contributed by atoms with Crippen molar-refractivity contribution in [2.75, 3.05) is 23.7 Å². The maximum absolute atomic E-state index is 5.87. The molecule has 1 aliphatic heterocycles. The van der Waals surface area contributed by atoms with Crippen LogP contribution in [0.2, 0.25) is 0 Å². The van der Waals surface area contributed by atoms with Crippen LogP contribution in [0.3, 0.4) is 0 Å². The monoisotopic (exact) mass is 246 g/mol. The van der Waals surface area contributed by atoms with Gasteiger partial charge in [-0.25, -0.2) is 4.63 Å². The van der Waals surface area contributed by atoms with Gasteiger partial charge in [-0.15, -0.1) is 0 Å². The second kappa shape index (κ2) is 4.84. The second-order valence-corrected chi connectivity index (χ2v) is 4.89. The molecular formula is C13H18N4O. The number of nitrogen functional groups attached to an aromatic ring is 1. The Kier molecular flexibility index (Phi) is 3.04. The molecule has 0 spiro atoms. The van der Waals surface area contributed by atoms with E-state index in [1.54, 1.807) is 0 Å². The standard InChI is InChI=1S/C13H18N4O/c14-10-6-7-11(13-12(10)15-18-16-13)17-8-4-2-1-3-5-9-17/h6-7H,1-5,8-9,14H2. The number of aromatic nitrogens is 2. The molecule has 0 radical (unpaired) electrons. The molecule has 2 N–H and O–H groups in total. The number of anilines is 2. The number of nitrogens with zero attached hydrogens (tertiary/aromatic N) is 3. The van der Waals surface area contributed by atoms with E-state index in [0.717, 1.165) is 24.3 Å². The van der Waals surface area contributed by atoms with Crippen LogP contribution in [0.5, 0.6) is 0 Å². The maximum Gasteiger partial charge on any atom is 0.160 e. The summed E-state index contributed by atoms with van der Waals surface area (Å²) < 4.78 is 4.83. The van der Waals surface area contributed by atoms with Gasteiger partial charge in [-0.1, -0.05) is 19.3 Å². The molecule has 0 amide bonds. The molecule has 3 rings (SSSR count). The van der Waals surface area contributed by atoms with E-state index in [1.807, 2.05) is 12.1 Å². The molecular weight excluding hydrogens is 228 g/mol. The number of hydrogen-bond acceptors (Lipinski definition) is 5. The lowest BCUT2D eigenvalue weighted by atomic mass is 10.1. The molecule has 1 aromatic carbocycles. The molecule has 0 atom stereocenters. The molecule has 5 nitrogen and oxygen atoms in total. The lowest BCUT2D eigenvalue weighted by Crippen LogP contribution is -2.27. The van der Waals surface area contributed by atoms with Gasteiger partial charge in [0, 0.05) is 13.1 Å². The summed E-state index contributed by atoms with van der Waals surface area (Å²) in [5.74, 6) is 0. The Morgan fingerprint density at radius 2 is 1.61 bits per heavy atom. The van der Waals surface area contributed by atoms with Gasteiger partial charge >= 0.3 is 0 Å². The third-order valence-corrected chi connectivity index (χ3v) is 3.62. The lowest BCUT2D eigenvalue weighted by Gasteiger charge is -2.26. The quantitative estimate of drug-likeness (QED) is 0.783. The van der Waals surface area contributed by atoms with Gasteiger partial charge in [0.2, 0.25) is 0 Å². The van der Waals surface area contributed by atoms with E-state index in [0.29, 0.717) is 11.2 Å². The van der Waals surface area contributed by atoms with Crippen molar-refractivity contribution in [2.24, 2.45) is 0 Å². The first-order valence-corrected chi connectivity index (χ1v) is 6.62. The van der Waals surface area contributed by atoms with Crippen LogP contribution in [-0.2, 0) is 0 Å². The molecule has 2 heterocycles. The van der Waals surface area contributed by atoms with Crippen LogP contribution in [0.1, 0.15) is 32.1 Å². The summed E-state index contributed by atoms with van der Waals surface area (Å²) in [6.45, 7) is 2.15. The zero-order valence-electron chi connectivity index (χ0n) is 10.4. The van der Waals surface area contributed by atoms with Crippen molar-refractivity contribution >= 4 is 22.4 Å². The average molecular weight is 246 g/mol. The predicted molar refractivity (Wildman–Crippen MR) is 71.5 cm³/mol. The summed E-state index contributed by atoms with van der Waals surface area (Å²) in [5, 5.41) is 7.88. The Labute approximate surface area is 106 Å². The molecule has 1 saturated heterocycles. The molecule has 0 unspecified atom stereocenters. The minimum atomic E-state index is 0.627. The van der Waals surface area contributed by atoms with Crippen LogP contribution in [0.4, 0.5) is 11.4 Å². The van der Waals surface area contributed by atoms with Crippen LogP contribution in [0.15, 0.2) is 16.8 Å². The highest BCUT2D eigenvalue weighted by atomic mass is 16.6. The van der Waals surface area contributed by atoms with Crippen molar-refractivity contribution in [1.29, 1.82) is 0 Å². The molecule has 1 aliphatic rings. The summed E-state index contributed by atoms with van der Waals surface area (Å²) in [4.78, 5) is 2.38. The highest BCUT2D eigenvalue weighted by Gasteiger charge is 2.16. The molecule has 0 saturated carbocycles. The van der Waals surface area contributed by atoms with Crippen LogP contribution in [0.25, 0.3) is 11.0 Å². The minimum Gasteiger partial charge on any atom is -0.397 e. The maximum atomic E-state index is 5.87. The van der Waals surface area contributed by atoms with Gasteiger partial charge in [0.05, 0.1) is 11.4 Å². The van der Waals surface area contributed by atoms with Crippen molar-refractivity contribution in [3.8, 4) is 0 Å². The Balaban J connectivity index is 1.96.